The highest BCUT2D eigenvalue weighted by Crippen LogP contribution is 2.32. The lowest BCUT2D eigenvalue weighted by Gasteiger charge is -2.30. The zero-order valence-corrected chi connectivity index (χ0v) is 12.2. The molecule has 0 bridgehead atoms. The summed E-state index contributed by atoms with van der Waals surface area (Å²) in [5.74, 6) is -0.476. The second-order valence-corrected chi connectivity index (χ2v) is 5.64. The zero-order chi connectivity index (χ0) is 14.5. The lowest BCUT2D eigenvalue weighted by Crippen LogP contribution is -2.32. The molecule has 0 aliphatic carbocycles. The highest BCUT2D eigenvalue weighted by molar-refractivity contribution is 8.00. The van der Waals surface area contributed by atoms with Crippen molar-refractivity contribution >= 4 is 23.1 Å². The molecular formula is C13H19FN2O2S. The second-order valence-electron chi connectivity index (χ2n) is 4.37. The number of anilines is 1. The topological polar surface area (TPSA) is 55.2 Å². The summed E-state index contributed by atoms with van der Waals surface area (Å²) in [5, 5.41) is 13.9. The molecule has 0 heterocycles. The van der Waals surface area contributed by atoms with Gasteiger partial charge in [-0.2, -0.15) is 11.8 Å². The maximum Gasteiger partial charge on any atom is 0.292 e. The van der Waals surface area contributed by atoms with Crippen molar-refractivity contribution in [2.75, 3.05) is 18.1 Å². The summed E-state index contributed by atoms with van der Waals surface area (Å²) >= 11 is 1.73. The number of nitrogens with zero attached hydrogens (tertiary/aromatic N) is 1. The number of halogens is 1. The number of rotatable bonds is 7. The Kier molecular flexibility index (Phi) is 5.60. The van der Waals surface area contributed by atoms with Gasteiger partial charge in [-0.25, -0.2) is 4.39 Å². The lowest BCUT2D eigenvalue weighted by atomic mass is 10.0. The quantitative estimate of drug-likeness (QED) is 0.606. The van der Waals surface area contributed by atoms with Crippen LogP contribution < -0.4 is 5.32 Å². The monoisotopic (exact) mass is 286 g/mol. The van der Waals surface area contributed by atoms with Gasteiger partial charge in [0.05, 0.1) is 4.92 Å². The summed E-state index contributed by atoms with van der Waals surface area (Å²) in [4.78, 5) is 10.4. The van der Waals surface area contributed by atoms with E-state index in [4.69, 9.17) is 0 Å². The molecule has 0 saturated heterocycles. The molecule has 0 radical (unpaired) electrons. The van der Waals surface area contributed by atoms with E-state index in [2.05, 4.69) is 19.2 Å². The molecule has 0 aromatic heterocycles. The number of hydrogen-bond donors (Lipinski definition) is 1. The van der Waals surface area contributed by atoms with E-state index in [1.54, 1.807) is 11.8 Å². The van der Waals surface area contributed by atoms with E-state index in [1.165, 1.54) is 12.1 Å². The largest absolute Gasteiger partial charge is 0.378 e. The molecular weight excluding hydrogens is 267 g/mol. The molecule has 4 nitrogen and oxygen atoms in total. The molecule has 0 atom stereocenters. The second kappa shape index (κ2) is 6.75. The fourth-order valence-electron chi connectivity index (χ4n) is 1.93. The van der Waals surface area contributed by atoms with E-state index in [-0.39, 0.29) is 16.1 Å². The highest BCUT2D eigenvalue weighted by Gasteiger charge is 2.26. The molecule has 0 amide bonds. The maximum absolute atomic E-state index is 13.2. The van der Waals surface area contributed by atoms with Gasteiger partial charge in [0.1, 0.15) is 11.5 Å². The summed E-state index contributed by atoms with van der Waals surface area (Å²) in [7, 11) is 0. The van der Waals surface area contributed by atoms with Gasteiger partial charge in [0.15, 0.2) is 0 Å². The standard InChI is InChI=1S/C13H19FN2O2S/c1-4-13(5-2,19-3)9-15-11-8-10(14)6-7-12(11)16(17)18/h6-8,15H,4-5,9H2,1-3H3. The maximum atomic E-state index is 13.2. The Balaban J connectivity index is 2.93. The molecule has 106 valence electrons. The van der Waals surface area contributed by atoms with Crippen molar-refractivity contribution in [3.05, 3.63) is 34.1 Å². The van der Waals surface area contributed by atoms with Crippen LogP contribution in [0.15, 0.2) is 18.2 Å². The van der Waals surface area contributed by atoms with Gasteiger partial charge in [-0.15, -0.1) is 0 Å². The molecule has 6 heteroatoms. The SMILES string of the molecule is CCC(CC)(CNc1cc(F)ccc1[N+](=O)[O-])SC. The predicted molar refractivity (Wildman–Crippen MR) is 78.4 cm³/mol. The van der Waals surface area contributed by atoms with Gasteiger partial charge < -0.3 is 5.32 Å². The summed E-state index contributed by atoms with van der Waals surface area (Å²) in [6, 6.07) is 3.47. The third kappa shape index (κ3) is 3.83. The Labute approximate surface area is 116 Å². The average molecular weight is 286 g/mol. The van der Waals surface area contributed by atoms with Crippen molar-refractivity contribution in [1.82, 2.24) is 0 Å². The van der Waals surface area contributed by atoms with E-state index >= 15 is 0 Å². The van der Waals surface area contributed by atoms with Crippen LogP contribution in [0.5, 0.6) is 0 Å². The number of hydrogen-bond acceptors (Lipinski definition) is 4. The van der Waals surface area contributed by atoms with Crippen LogP contribution in [0.25, 0.3) is 0 Å². The number of nitrogens with one attached hydrogen (secondary N) is 1. The number of thioether (sulfide) groups is 1. The van der Waals surface area contributed by atoms with Gasteiger partial charge >= 0.3 is 0 Å². The third-order valence-electron chi connectivity index (χ3n) is 3.48. The summed E-state index contributed by atoms with van der Waals surface area (Å²) in [5.41, 5.74) is 0.147. The average Bonchev–Trinajstić information content (AvgIpc) is 2.40. The van der Waals surface area contributed by atoms with Crippen molar-refractivity contribution in [1.29, 1.82) is 0 Å². The Morgan fingerprint density at radius 1 is 1.42 bits per heavy atom. The predicted octanol–water partition coefficient (Wildman–Crippen LogP) is 4.07. The van der Waals surface area contributed by atoms with Crippen LogP contribution in [0.3, 0.4) is 0 Å². The minimum absolute atomic E-state index is 0.0141. The third-order valence-corrected chi connectivity index (χ3v) is 5.07. The van der Waals surface area contributed by atoms with Gasteiger partial charge in [-0.3, -0.25) is 10.1 Å². The molecule has 19 heavy (non-hydrogen) atoms. The highest BCUT2D eigenvalue weighted by atomic mass is 32.2. The van der Waals surface area contributed by atoms with Crippen LogP contribution >= 0.6 is 11.8 Å². The van der Waals surface area contributed by atoms with Gasteiger partial charge in [-0.1, -0.05) is 13.8 Å². The first kappa shape index (κ1) is 15.8. The van der Waals surface area contributed by atoms with Crippen molar-refractivity contribution in [2.24, 2.45) is 0 Å². The van der Waals surface area contributed by atoms with E-state index < -0.39 is 10.7 Å². The van der Waals surface area contributed by atoms with E-state index in [0.29, 0.717) is 6.54 Å². The number of nitro groups is 1. The number of benzene rings is 1. The van der Waals surface area contributed by atoms with Gasteiger partial charge in [0, 0.05) is 23.4 Å². The molecule has 1 rings (SSSR count). The van der Waals surface area contributed by atoms with Crippen molar-refractivity contribution in [3.8, 4) is 0 Å². The lowest BCUT2D eigenvalue weighted by molar-refractivity contribution is -0.384. The van der Waals surface area contributed by atoms with Crippen LogP contribution in [0.2, 0.25) is 0 Å². The van der Waals surface area contributed by atoms with Crippen LogP contribution in [0.1, 0.15) is 26.7 Å². The molecule has 0 fully saturated rings. The Morgan fingerprint density at radius 2 is 2.05 bits per heavy atom. The zero-order valence-electron chi connectivity index (χ0n) is 11.4. The summed E-state index contributed by atoms with van der Waals surface area (Å²) in [6.07, 6.45) is 3.91. The first-order chi connectivity index (χ1) is 8.98. The minimum Gasteiger partial charge on any atom is -0.378 e. The van der Waals surface area contributed by atoms with Crippen molar-refractivity contribution in [3.63, 3.8) is 0 Å². The molecule has 0 aliphatic rings. The van der Waals surface area contributed by atoms with Gasteiger partial charge in [0.25, 0.3) is 5.69 Å². The number of nitro benzene ring substituents is 1. The van der Waals surface area contributed by atoms with Crippen LogP contribution in [-0.4, -0.2) is 22.5 Å². The summed E-state index contributed by atoms with van der Waals surface area (Å²) < 4.78 is 13.2. The van der Waals surface area contributed by atoms with E-state index in [0.717, 1.165) is 18.9 Å². The van der Waals surface area contributed by atoms with Crippen LogP contribution in [-0.2, 0) is 0 Å². The molecule has 0 spiro atoms. The molecule has 1 aromatic rings. The fraction of sp³-hybridized carbons (Fsp3) is 0.538. The molecule has 0 aliphatic heterocycles. The molecule has 1 N–H and O–H groups in total. The Bertz CT molecular complexity index is 442. The normalized spacial score (nSPS) is 11.4. The minimum atomic E-state index is -0.500. The van der Waals surface area contributed by atoms with Gasteiger partial charge in [0.2, 0.25) is 0 Å². The van der Waals surface area contributed by atoms with Crippen molar-refractivity contribution < 1.29 is 9.31 Å². The van der Waals surface area contributed by atoms with Gasteiger partial charge in [-0.05, 0) is 25.2 Å². The smallest absolute Gasteiger partial charge is 0.292 e. The first-order valence-electron chi connectivity index (χ1n) is 6.21. The Morgan fingerprint density at radius 3 is 2.53 bits per heavy atom. The van der Waals surface area contributed by atoms with E-state index in [1.807, 2.05) is 6.26 Å². The fourth-order valence-corrected chi connectivity index (χ4v) is 2.72. The van der Waals surface area contributed by atoms with Crippen molar-refractivity contribution in [2.45, 2.75) is 31.4 Å². The Hall–Kier alpha value is -1.30. The van der Waals surface area contributed by atoms with Crippen LogP contribution in [0, 0.1) is 15.9 Å². The van der Waals surface area contributed by atoms with E-state index in [9.17, 15) is 14.5 Å². The molecule has 1 aromatic carbocycles. The molecule has 0 unspecified atom stereocenters. The molecule has 0 saturated carbocycles. The first-order valence-corrected chi connectivity index (χ1v) is 7.43. The van der Waals surface area contributed by atoms with Crippen LogP contribution in [0.4, 0.5) is 15.8 Å². The summed E-state index contributed by atoms with van der Waals surface area (Å²) in [6.45, 7) is 4.74.